The van der Waals surface area contributed by atoms with Crippen molar-refractivity contribution in [2.45, 2.75) is 19.8 Å². The van der Waals surface area contributed by atoms with Crippen LogP contribution in [0, 0.1) is 11.3 Å². The zero-order chi connectivity index (χ0) is 9.64. The van der Waals surface area contributed by atoms with Gasteiger partial charge in [-0.15, -0.1) is 0 Å². The number of aromatic amines is 1. The Bertz CT molecular complexity index is 329. The number of carboxylic acid groups (broad SMARTS) is 1. The molecule has 1 aliphatic rings. The van der Waals surface area contributed by atoms with Crippen LogP contribution < -0.4 is 0 Å². The van der Waals surface area contributed by atoms with Crippen molar-refractivity contribution in [1.82, 2.24) is 9.97 Å². The normalized spacial score (nSPS) is 30.0. The summed E-state index contributed by atoms with van der Waals surface area (Å²) in [6.07, 6.45) is 3.29. The Kier molecular flexibility index (Phi) is 1.49. The van der Waals surface area contributed by atoms with Gasteiger partial charge in [0, 0.05) is 17.8 Å². The topological polar surface area (TPSA) is 66.0 Å². The van der Waals surface area contributed by atoms with E-state index in [1.54, 1.807) is 12.5 Å². The molecule has 0 saturated heterocycles. The Morgan fingerprint density at radius 2 is 2.38 bits per heavy atom. The molecule has 2 atom stereocenters. The van der Waals surface area contributed by atoms with E-state index in [1.807, 2.05) is 13.8 Å². The summed E-state index contributed by atoms with van der Waals surface area (Å²) in [4.78, 5) is 17.7. The Labute approximate surface area is 76.0 Å². The van der Waals surface area contributed by atoms with E-state index in [4.69, 9.17) is 5.11 Å². The summed E-state index contributed by atoms with van der Waals surface area (Å²) in [6, 6.07) is 0. The number of carboxylic acids is 1. The number of carbonyl (C=O) groups is 1. The summed E-state index contributed by atoms with van der Waals surface area (Å²) < 4.78 is 0. The average Bonchev–Trinajstić information content (AvgIpc) is 2.50. The molecule has 0 aliphatic heterocycles. The molecule has 0 bridgehead atoms. The summed E-state index contributed by atoms with van der Waals surface area (Å²) in [5.74, 6) is -0.898. The summed E-state index contributed by atoms with van der Waals surface area (Å²) in [5, 5.41) is 8.92. The number of imidazole rings is 1. The van der Waals surface area contributed by atoms with Crippen LogP contribution in [0.2, 0.25) is 0 Å². The Morgan fingerprint density at radius 1 is 1.69 bits per heavy atom. The number of H-pyrrole nitrogens is 1. The Hall–Kier alpha value is -1.32. The van der Waals surface area contributed by atoms with E-state index in [2.05, 4.69) is 9.97 Å². The van der Waals surface area contributed by atoms with Crippen LogP contribution in [0.15, 0.2) is 12.5 Å². The van der Waals surface area contributed by atoms with Gasteiger partial charge >= 0.3 is 5.97 Å². The van der Waals surface area contributed by atoms with Gasteiger partial charge in [0.05, 0.1) is 12.2 Å². The van der Waals surface area contributed by atoms with Crippen molar-refractivity contribution < 1.29 is 9.90 Å². The van der Waals surface area contributed by atoms with E-state index in [0.717, 1.165) is 5.69 Å². The quantitative estimate of drug-likeness (QED) is 0.719. The molecular formula is C9H12N2O2. The monoisotopic (exact) mass is 180 g/mol. The molecule has 0 amide bonds. The molecule has 2 rings (SSSR count). The van der Waals surface area contributed by atoms with E-state index in [0.29, 0.717) is 0 Å². The molecule has 2 N–H and O–H groups in total. The van der Waals surface area contributed by atoms with Crippen molar-refractivity contribution in [3.05, 3.63) is 18.2 Å². The highest BCUT2D eigenvalue weighted by Crippen LogP contribution is 2.63. The van der Waals surface area contributed by atoms with Gasteiger partial charge in [0.1, 0.15) is 0 Å². The molecule has 13 heavy (non-hydrogen) atoms. The zero-order valence-corrected chi connectivity index (χ0v) is 7.61. The second-order valence-corrected chi connectivity index (χ2v) is 4.12. The van der Waals surface area contributed by atoms with Crippen molar-refractivity contribution in [2.75, 3.05) is 0 Å². The van der Waals surface area contributed by atoms with E-state index in [1.165, 1.54) is 0 Å². The van der Waals surface area contributed by atoms with Gasteiger partial charge in [-0.2, -0.15) is 0 Å². The van der Waals surface area contributed by atoms with Gasteiger partial charge in [-0.25, -0.2) is 4.98 Å². The van der Waals surface area contributed by atoms with Crippen LogP contribution >= 0.6 is 0 Å². The first-order valence-electron chi connectivity index (χ1n) is 4.26. The molecule has 1 aromatic rings. The fourth-order valence-corrected chi connectivity index (χ4v) is 2.12. The highest BCUT2D eigenvalue weighted by atomic mass is 16.4. The molecule has 4 nitrogen and oxygen atoms in total. The molecule has 4 heteroatoms. The summed E-state index contributed by atoms with van der Waals surface area (Å²) >= 11 is 0. The lowest BCUT2D eigenvalue weighted by atomic mass is 10.1. The third-order valence-corrected chi connectivity index (χ3v) is 2.95. The summed E-state index contributed by atoms with van der Waals surface area (Å²) in [5.41, 5.74) is 0.788. The van der Waals surface area contributed by atoms with Crippen LogP contribution in [-0.2, 0) is 4.79 Å². The SMILES string of the molecule is CC1(C)[C@H](C(=O)O)[C@H]1c1cnc[nH]1. The highest BCUT2D eigenvalue weighted by molar-refractivity contribution is 5.77. The number of hydrogen-bond acceptors (Lipinski definition) is 2. The number of aliphatic carboxylic acids is 1. The molecule has 0 radical (unpaired) electrons. The second kappa shape index (κ2) is 2.34. The molecular weight excluding hydrogens is 168 g/mol. The molecule has 1 aliphatic carbocycles. The fourth-order valence-electron chi connectivity index (χ4n) is 2.12. The predicted octanol–water partition coefficient (Wildman–Crippen LogP) is 1.23. The summed E-state index contributed by atoms with van der Waals surface area (Å²) in [6.45, 7) is 3.94. The van der Waals surface area contributed by atoms with Gasteiger partial charge in [0.25, 0.3) is 0 Å². The van der Waals surface area contributed by atoms with E-state index < -0.39 is 5.97 Å². The minimum absolute atomic E-state index is 0.0903. The van der Waals surface area contributed by atoms with Gasteiger partial charge in [-0.3, -0.25) is 4.79 Å². The molecule has 0 spiro atoms. The first-order chi connectivity index (χ1) is 6.05. The average molecular weight is 180 g/mol. The molecule has 1 fully saturated rings. The van der Waals surface area contributed by atoms with Crippen molar-refractivity contribution in [1.29, 1.82) is 0 Å². The van der Waals surface area contributed by atoms with Crippen LogP contribution in [0.5, 0.6) is 0 Å². The lowest BCUT2D eigenvalue weighted by Gasteiger charge is -1.97. The molecule has 70 valence electrons. The predicted molar refractivity (Wildman–Crippen MR) is 46.2 cm³/mol. The Balaban J connectivity index is 2.25. The lowest BCUT2D eigenvalue weighted by molar-refractivity contribution is -0.139. The maximum atomic E-state index is 10.8. The second-order valence-electron chi connectivity index (χ2n) is 4.12. The molecule has 0 aromatic carbocycles. The number of nitrogens with one attached hydrogen (secondary N) is 1. The maximum Gasteiger partial charge on any atom is 0.307 e. The van der Waals surface area contributed by atoms with Crippen LogP contribution in [0.1, 0.15) is 25.5 Å². The van der Waals surface area contributed by atoms with Crippen LogP contribution in [0.25, 0.3) is 0 Å². The van der Waals surface area contributed by atoms with Crippen molar-refractivity contribution in [2.24, 2.45) is 11.3 Å². The van der Waals surface area contributed by atoms with Crippen LogP contribution in [0.3, 0.4) is 0 Å². The third-order valence-electron chi connectivity index (χ3n) is 2.95. The van der Waals surface area contributed by atoms with E-state index >= 15 is 0 Å². The number of rotatable bonds is 2. The summed E-state index contributed by atoms with van der Waals surface area (Å²) in [7, 11) is 0. The smallest absolute Gasteiger partial charge is 0.307 e. The van der Waals surface area contributed by atoms with Crippen LogP contribution in [-0.4, -0.2) is 21.0 Å². The van der Waals surface area contributed by atoms with Gasteiger partial charge in [-0.05, 0) is 5.41 Å². The Morgan fingerprint density at radius 3 is 2.77 bits per heavy atom. The lowest BCUT2D eigenvalue weighted by Crippen LogP contribution is -2.03. The van der Waals surface area contributed by atoms with E-state index in [9.17, 15) is 4.79 Å². The molecule has 0 unspecified atom stereocenters. The largest absolute Gasteiger partial charge is 0.481 e. The molecule has 1 heterocycles. The molecule has 1 aromatic heterocycles. The number of nitrogens with zero attached hydrogens (tertiary/aromatic N) is 1. The number of hydrogen-bond donors (Lipinski definition) is 2. The van der Waals surface area contributed by atoms with Crippen molar-refractivity contribution in [3.8, 4) is 0 Å². The standard InChI is InChI=1S/C9H12N2O2/c1-9(2)6(7(9)8(12)13)5-3-10-4-11-5/h3-4,6-7H,1-2H3,(H,10,11)(H,12,13)/t6-,7+/m1/s1. The maximum absolute atomic E-state index is 10.8. The zero-order valence-electron chi connectivity index (χ0n) is 7.61. The molecule has 1 saturated carbocycles. The van der Waals surface area contributed by atoms with Crippen LogP contribution in [0.4, 0.5) is 0 Å². The third kappa shape index (κ3) is 1.05. The first-order valence-corrected chi connectivity index (χ1v) is 4.26. The van der Waals surface area contributed by atoms with E-state index in [-0.39, 0.29) is 17.3 Å². The van der Waals surface area contributed by atoms with Crippen molar-refractivity contribution >= 4 is 5.97 Å². The minimum atomic E-state index is -0.718. The number of aromatic nitrogens is 2. The highest BCUT2D eigenvalue weighted by Gasteiger charge is 2.63. The van der Waals surface area contributed by atoms with Gasteiger partial charge in [0.15, 0.2) is 0 Å². The van der Waals surface area contributed by atoms with Gasteiger partial charge < -0.3 is 10.1 Å². The van der Waals surface area contributed by atoms with Gasteiger partial charge in [-0.1, -0.05) is 13.8 Å². The first kappa shape index (κ1) is 8.29. The van der Waals surface area contributed by atoms with Gasteiger partial charge in [0.2, 0.25) is 0 Å². The fraction of sp³-hybridized carbons (Fsp3) is 0.556. The van der Waals surface area contributed by atoms with Crippen molar-refractivity contribution in [3.63, 3.8) is 0 Å². The minimum Gasteiger partial charge on any atom is -0.481 e.